The maximum atomic E-state index is 13.2. The first-order chi connectivity index (χ1) is 8.43. The van der Waals surface area contributed by atoms with E-state index in [-0.39, 0.29) is 6.20 Å². The molecule has 19 heavy (non-hydrogen) atoms. The molecule has 1 aromatic heterocycles. The second-order valence-corrected chi connectivity index (χ2v) is 3.04. The van der Waals surface area contributed by atoms with Crippen molar-refractivity contribution in [2.75, 3.05) is 0 Å². The molecule has 0 spiro atoms. The molecule has 1 rings (SSSR count). The molecule has 0 N–H and O–H groups in total. The van der Waals surface area contributed by atoms with Gasteiger partial charge < -0.3 is 4.74 Å². The van der Waals surface area contributed by atoms with E-state index in [1.165, 1.54) is 0 Å². The van der Waals surface area contributed by atoms with Crippen LogP contribution < -0.4 is 4.74 Å². The molecule has 1 heterocycles. The third kappa shape index (κ3) is 3.64. The summed E-state index contributed by atoms with van der Waals surface area (Å²) < 4.78 is 113. The second kappa shape index (κ2) is 4.78. The van der Waals surface area contributed by atoms with Crippen LogP contribution in [0.5, 0.6) is 5.75 Å². The minimum Gasteiger partial charge on any atom is -0.401 e. The first-order valence-corrected chi connectivity index (χ1v) is 4.23. The van der Waals surface area contributed by atoms with Gasteiger partial charge in [0.15, 0.2) is 17.3 Å². The van der Waals surface area contributed by atoms with Gasteiger partial charge in [0.05, 0.1) is 11.8 Å². The largest absolute Gasteiger partial charge is 0.573 e. The van der Waals surface area contributed by atoms with E-state index in [0.29, 0.717) is 0 Å². The summed E-state index contributed by atoms with van der Waals surface area (Å²) in [6.45, 7) is 0. The Hall–Kier alpha value is -1.68. The predicted molar refractivity (Wildman–Crippen MR) is 40.8 cm³/mol. The lowest BCUT2D eigenvalue weighted by atomic mass is 10.1. The lowest BCUT2D eigenvalue weighted by Crippen LogP contribution is -2.20. The van der Waals surface area contributed by atoms with Crippen molar-refractivity contribution in [3.63, 3.8) is 0 Å². The molecule has 108 valence electrons. The van der Waals surface area contributed by atoms with Crippen LogP contribution in [0.4, 0.5) is 39.5 Å². The number of halogens is 9. The van der Waals surface area contributed by atoms with E-state index in [1.54, 1.807) is 0 Å². The van der Waals surface area contributed by atoms with Crippen molar-refractivity contribution >= 4 is 0 Å². The number of pyridine rings is 1. The molecule has 0 aromatic carbocycles. The minimum atomic E-state index is -5.46. The topological polar surface area (TPSA) is 22.1 Å². The van der Waals surface area contributed by atoms with Crippen LogP contribution >= 0.6 is 0 Å². The lowest BCUT2D eigenvalue weighted by molar-refractivity contribution is -0.275. The number of nitrogens with zero attached hydrogens (tertiary/aromatic N) is 1. The normalized spacial score (nSPS) is 12.9. The number of rotatable bonds is 2. The monoisotopic (exact) mass is 299 g/mol. The number of ether oxygens (including phenoxy) is 1. The lowest BCUT2D eigenvalue weighted by Gasteiger charge is -2.15. The van der Waals surface area contributed by atoms with E-state index in [9.17, 15) is 39.5 Å². The Morgan fingerprint density at radius 2 is 1.58 bits per heavy atom. The van der Waals surface area contributed by atoms with E-state index in [2.05, 4.69) is 9.72 Å². The third-order valence-corrected chi connectivity index (χ3v) is 1.73. The summed E-state index contributed by atoms with van der Waals surface area (Å²) in [4.78, 5) is 2.35. The Bertz CT molecular complexity index is 465. The number of aromatic nitrogens is 1. The Balaban J connectivity index is 3.40. The highest BCUT2D eigenvalue weighted by atomic mass is 19.4. The van der Waals surface area contributed by atoms with Gasteiger partial charge in [0.2, 0.25) is 0 Å². The summed E-state index contributed by atoms with van der Waals surface area (Å²) >= 11 is 0. The Kier molecular flexibility index (Phi) is 3.87. The van der Waals surface area contributed by atoms with E-state index < -0.39 is 41.8 Å². The summed E-state index contributed by atoms with van der Waals surface area (Å²) in [7, 11) is 0. The molecule has 11 heteroatoms. The van der Waals surface area contributed by atoms with Gasteiger partial charge in [-0.2, -0.15) is 13.2 Å². The van der Waals surface area contributed by atoms with Crippen molar-refractivity contribution in [3.05, 3.63) is 23.3 Å². The molecule has 1 aromatic rings. The molecule has 2 nitrogen and oxygen atoms in total. The summed E-state index contributed by atoms with van der Waals surface area (Å²) in [5, 5.41) is 0. The Morgan fingerprint density at radius 1 is 1.05 bits per heavy atom. The molecule has 0 unspecified atom stereocenters. The molecule has 0 radical (unpaired) electrons. The highest BCUT2D eigenvalue weighted by Gasteiger charge is 2.42. The Labute approximate surface area is 98.3 Å². The smallest absolute Gasteiger partial charge is 0.401 e. The van der Waals surface area contributed by atoms with E-state index in [1.807, 2.05) is 0 Å². The fourth-order valence-corrected chi connectivity index (χ4v) is 1.11. The summed E-state index contributed by atoms with van der Waals surface area (Å²) in [5.41, 5.74) is -4.61. The fourth-order valence-electron chi connectivity index (χ4n) is 1.11. The maximum absolute atomic E-state index is 13.2. The standard InChI is InChI=1S/C8H2F9NO/c9-4-2(19-8(15,16)17)1-18-5(7(12,13)14)3(4)6(10)11/h1,6H. The fraction of sp³-hybridized carbons (Fsp3) is 0.375. The molecule has 0 bridgehead atoms. The van der Waals surface area contributed by atoms with E-state index in [0.717, 1.165) is 0 Å². The van der Waals surface area contributed by atoms with Crippen molar-refractivity contribution in [3.8, 4) is 5.75 Å². The number of hydrogen-bond acceptors (Lipinski definition) is 2. The van der Waals surface area contributed by atoms with Crippen LogP contribution in [-0.4, -0.2) is 11.3 Å². The van der Waals surface area contributed by atoms with Gasteiger partial charge in [-0.05, 0) is 0 Å². The predicted octanol–water partition coefficient (Wildman–Crippen LogP) is 4.08. The van der Waals surface area contributed by atoms with Gasteiger partial charge in [-0.1, -0.05) is 0 Å². The maximum Gasteiger partial charge on any atom is 0.573 e. The van der Waals surface area contributed by atoms with Gasteiger partial charge in [-0.3, -0.25) is 0 Å². The molecule has 0 fully saturated rings. The first-order valence-electron chi connectivity index (χ1n) is 4.23. The van der Waals surface area contributed by atoms with Crippen LogP contribution in [0, 0.1) is 5.82 Å². The van der Waals surface area contributed by atoms with Crippen molar-refractivity contribution in [1.82, 2.24) is 4.98 Å². The molecule has 0 aliphatic carbocycles. The molecule has 0 amide bonds. The van der Waals surface area contributed by atoms with Crippen molar-refractivity contribution < 1.29 is 44.3 Å². The number of hydrogen-bond donors (Lipinski definition) is 0. The zero-order chi connectivity index (χ0) is 15.0. The highest BCUT2D eigenvalue weighted by molar-refractivity contribution is 5.34. The second-order valence-electron chi connectivity index (χ2n) is 3.04. The van der Waals surface area contributed by atoms with Crippen LogP contribution in [0.3, 0.4) is 0 Å². The van der Waals surface area contributed by atoms with E-state index in [4.69, 9.17) is 0 Å². The summed E-state index contributed by atoms with van der Waals surface area (Å²) in [5.74, 6) is -4.33. The van der Waals surface area contributed by atoms with Gasteiger partial charge in [-0.15, -0.1) is 13.2 Å². The molecule has 0 atom stereocenters. The minimum absolute atomic E-state index is 0.266. The van der Waals surface area contributed by atoms with E-state index >= 15 is 0 Å². The average Bonchev–Trinajstić information content (AvgIpc) is 2.16. The summed E-state index contributed by atoms with van der Waals surface area (Å²) in [6.07, 6.45) is -15.2. The first kappa shape index (κ1) is 15.4. The Morgan fingerprint density at radius 3 is 1.95 bits per heavy atom. The molecule has 0 saturated carbocycles. The molecular weight excluding hydrogens is 297 g/mol. The van der Waals surface area contributed by atoms with Crippen LogP contribution in [0.15, 0.2) is 6.20 Å². The zero-order valence-corrected chi connectivity index (χ0v) is 8.41. The number of alkyl halides is 8. The SMILES string of the molecule is Fc1c(OC(F)(F)F)cnc(C(F)(F)F)c1C(F)F. The quantitative estimate of drug-likeness (QED) is 0.768. The van der Waals surface area contributed by atoms with Gasteiger partial charge >= 0.3 is 12.5 Å². The highest BCUT2D eigenvalue weighted by Crippen LogP contribution is 2.39. The molecule has 0 aliphatic rings. The average molecular weight is 299 g/mol. The van der Waals surface area contributed by atoms with Crippen LogP contribution in [0.25, 0.3) is 0 Å². The summed E-state index contributed by atoms with van der Waals surface area (Å²) in [6, 6.07) is 0. The molecular formula is C8H2F9NO. The zero-order valence-electron chi connectivity index (χ0n) is 8.41. The van der Waals surface area contributed by atoms with Crippen molar-refractivity contribution in [2.24, 2.45) is 0 Å². The van der Waals surface area contributed by atoms with Crippen LogP contribution in [0.1, 0.15) is 17.7 Å². The van der Waals surface area contributed by atoms with Gasteiger partial charge in [0, 0.05) is 0 Å². The molecule has 0 aliphatic heterocycles. The van der Waals surface area contributed by atoms with Gasteiger partial charge in [-0.25, -0.2) is 18.2 Å². The van der Waals surface area contributed by atoms with Crippen molar-refractivity contribution in [1.29, 1.82) is 0 Å². The molecule has 0 saturated heterocycles. The van der Waals surface area contributed by atoms with Crippen molar-refractivity contribution in [2.45, 2.75) is 19.0 Å². The third-order valence-electron chi connectivity index (χ3n) is 1.73. The van der Waals surface area contributed by atoms with Crippen LogP contribution in [-0.2, 0) is 6.18 Å². The van der Waals surface area contributed by atoms with Crippen LogP contribution in [0.2, 0.25) is 0 Å². The van der Waals surface area contributed by atoms with Gasteiger partial charge in [0.25, 0.3) is 6.43 Å². The van der Waals surface area contributed by atoms with Gasteiger partial charge in [0.1, 0.15) is 0 Å².